The number of nitrogens with one attached hydrogen (secondary N) is 1. The van der Waals surface area contributed by atoms with Gasteiger partial charge in [0, 0.05) is 37.0 Å². The van der Waals surface area contributed by atoms with Gasteiger partial charge in [-0.2, -0.15) is 0 Å². The largest absolute Gasteiger partial charge is 0.453 e. The van der Waals surface area contributed by atoms with Gasteiger partial charge in [0.2, 0.25) is 10.0 Å². The fourth-order valence-electron chi connectivity index (χ4n) is 3.16. The Morgan fingerprint density at radius 2 is 2.00 bits per heavy atom. The average Bonchev–Trinajstić information content (AvgIpc) is 3.18. The molecule has 11 heteroatoms. The maximum atomic E-state index is 12.6. The molecule has 2 amide bonds. The van der Waals surface area contributed by atoms with E-state index in [2.05, 4.69) is 10.3 Å². The van der Waals surface area contributed by atoms with Crippen LogP contribution in [0.4, 0.5) is 9.93 Å². The first-order chi connectivity index (χ1) is 14.8. The minimum absolute atomic E-state index is 0.148. The van der Waals surface area contributed by atoms with Gasteiger partial charge in [-0.25, -0.2) is 22.5 Å². The number of rotatable bonds is 7. The van der Waals surface area contributed by atoms with Crippen LogP contribution < -0.4 is 5.32 Å². The van der Waals surface area contributed by atoms with E-state index in [1.54, 1.807) is 11.9 Å². The third-order valence-electron chi connectivity index (χ3n) is 5.04. The second kappa shape index (κ2) is 9.75. The molecule has 0 aliphatic carbocycles. The molecule has 0 radical (unpaired) electrons. The number of unbranched alkanes of at least 4 members (excludes halogenated alkanes) is 1. The van der Waals surface area contributed by atoms with Crippen molar-refractivity contribution in [2.75, 3.05) is 32.6 Å². The highest BCUT2D eigenvalue weighted by Gasteiger charge is 2.25. The Bertz CT molecular complexity index is 1050. The van der Waals surface area contributed by atoms with Gasteiger partial charge in [0.25, 0.3) is 5.91 Å². The van der Waals surface area contributed by atoms with Crippen LogP contribution in [-0.2, 0) is 27.7 Å². The third-order valence-corrected chi connectivity index (χ3v) is 7.90. The zero-order valence-corrected chi connectivity index (χ0v) is 19.4. The second-order valence-corrected chi connectivity index (χ2v) is 10.3. The van der Waals surface area contributed by atoms with Crippen molar-refractivity contribution >= 4 is 38.5 Å². The molecule has 0 bridgehead atoms. The molecule has 1 aliphatic rings. The van der Waals surface area contributed by atoms with E-state index in [0.29, 0.717) is 36.8 Å². The Balaban J connectivity index is 1.67. The third kappa shape index (κ3) is 5.23. The van der Waals surface area contributed by atoms with Crippen LogP contribution in [0.15, 0.2) is 29.2 Å². The van der Waals surface area contributed by atoms with Gasteiger partial charge in [0.05, 0.1) is 24.2 Å². The highest BCUT2D eigenvalue weighted by molar-refractivity contribution is 7.89. The zero-order chi connectivity index (χ0) is 22.6. The Kier molecular flexibility index (Phi) is 7.29. The van der Waals surface area contributed by atoms with Gasteiger partial charge in [-0.05, 0) is 30.7 Å². The molecule has 0 atom stereocenters. The first-order valence-electron chi connectivity index (χ1n) is 9.95. The van der Waals surface area contributed by atoms with Gasteiger partial charge in [-0.1, -0.05) is 24.7 Å². The van der Waals surface area contributed by atoms with Gasteiger partial charge >= 0.3 is 6.09 Å². The number of nitrogens with zero attached hydrogens (tertiary/aromatic N) is 3. The highest BCUT2D eigenvalue weighted by Crippen LogP contribution is 2.29. The second-order valence-electron chi connectivity index (χ2n) is 7.19. The number of fused-ring (bicyclic) bond motifs is 1. The van der Waals surface area contributed by atoms with Crippen molar-refractivity contribution in [3.05, 3.63) is 40.4 Å². The molecule has 0 saturated heterocycles. The maximum absolute atomic E-state index is 12.6. The highest BCUT2D eigenvalue weighted by atomic mass is 32.2. The minimum atomic E-state index is -3.58. The molecule has 0 spiro atoms. The number of hydrogen-bond donors (Lipinski definition) is 1. The molecule has 0 unspecified atom stereocenters. The van der Waals surface area contributed by atoms with Crippen molar-refractivity contribution < 1.29 is 22.7 Å². The van der Waals surface area contributed by atoms with Crippen LogP contribution in [0.1, 0.15) is 40.7 Å². The number of amides is 2. The average molecular weight is 467 g/mol. The van der Waals surface area contributed by atoms with Crippen LogP contribution in [0.25, 0.3) is 0 Å². The Morgan fingerprint density at radius 1 is 1.29 bits per heavy atom. The lowest BCUT2D eigenvalue weighted by atomic mass is 10.2. The van der Waals surface area contributed by atoms with E-state index in [-0.39, 0.29) is 16.9 Å². The van der Waals surface area contributed by atoms with E-state index in [9.17, 15) is 18.0 Å². The summed E-state index contributed by atoms with van der Waals surface area (Å²) in [5.74, 6) is -0.376. The number of aromatic nitrogens is 1. The monoisotopic (exact) mass is 466 g/mol. The molecule has 2 aromatic rings. The predicted molar refractivity (Wildman–Crippen MR) is 118 cm³/mol. The summed E-state index contributed by atoms with van der Waals surface area (Å²) in [6.07, 6.45) is 1.89. The molecule has 9 nitrogen and oxygen atoms in total. The lowest BCUT2D eigenvalue weighted by Crippen LogP contribution is -2.35. The number of sulfonamides is 1. The molecule has 168 valence electrons. The Hall–Kier alpha value is -2.50. The van der Waals surface area contributed by atoms with E-state index in [1.807, 2.05) is 6.92 Å². The molecule has 2 heterocycles. The summed E-state index contributed by atoms with van der Waals surface area (Å²) in [4.78, 5) is 31.4. The first-order valence-corrected chi connectivity index (χ1v) is 12.2. The van der Waals surface area contributed by atoms with Crippen molar-refractivity contribution in [1.29, 1.82) is 0 Å². The Labute approximate surface area is 186 Å². The van der Waals surface area contributed by atoms with Crippen LogP contribution >= 0.6 is 11.3 Å². The fraction of sp³-hybridized carbons (Fsp3) is 0.450. The molecule has 0 fully saturated rings. The number of methoxy groups -OCH3 is 1. The number of hydrogen-bond acceptors (Lipinski definition) is 7. The van der Waals surface area contributed by atoms with Crippen molar-refractivity contribution in [3.63, 3.8) is 0 Å². The van der Waals surface area contributed by atoms with Crippen molar-refractivity contribution in [2.24, 2.45) is 0 Å². The number of ether oxygens (including phenoxy) is 1. The molecule has 1 aromatic heterocycles. The van der Waals surface area contributed by atoms with Crippen LogP contribution in [0.5, 0.6) is 0 Å². The summed E-state index contributed by atoms with van der Waals surface area (Å²) in [5, 5.41) is 3.20. The van der Waals surface area contributed by atoms with Gasteiger partial charge in [-0.15, -0.1) is 0 Å². The molecule has 1 aliphatic heterocycles. The lowest BCUT2D eigenvalue weighted by Gasteiger charge is -2.24. The van der Waals surface area contributed by atoms with Crippen LogP contribution in [0.2, 0.25) is 0 Å². The minimum Gasteiger partial charge on any atom is -0.453 e. The number of carbonyl (C=O) groups excluding carboxylic acids is 2. The van der Waals surface area contributed by atoms with E-state index in [1.165, 1.54) is 47.0 Å². The molecular weight excluding hydrogens is 440 g/mol. The Morgan fingerprint density at radius 3 is 2.65 bits per heavy atom. The van der Waals surface area contributed by atoms with Crippen LogP contribution in [0.3, 0.4) is 0 Å². The number of carbonyl (C=O) groups is 2. The smallest absolute Gasteiger partial charge is 0.409 e. The maximum Gasteiger partial charge on any atom is 0.409 e. The lowest BCUT2D eigenvalue weighted by molar-refractivity contribution is 0.102. The molecule has 1 aromatic carbocycles. The van der Waals surface area contributed by atoms with E-state index in [0.717, 1.165) is 23.4 Å². The summed E-state index contributed by atoms with van der Waals surface area (Å²) >= 11 is 1.31. The quantitative estimate of drug-likeness (QED) is 0.672. The van der Waals surface area contributed by atoms with Crippen molar-refractivity contribution in [3.8, 4) is 0 Å². The predicted octanol–water partition coefficient (Wildman–Crippen LogP) is 2.94. The zero-order valence-electron chi connectivity index (χ0n) is 17.8. The summed E-state index contributed by atoms with van der Waals surface area (Å²) in [6, 6.07) is 5.85. The summed E-state index contributed by atoms with van der Waals surface area (Å²) < 4.78 is 31.3. The van der Waals surface area contributed by atoms with Gasteiger partial charge in [-0.3, -0.25) is 10.1 Å². The van der Waals surface area contributed by atoms with E-state index in [4.69, 9.17) is 4.74 Å². The van der Waals surface area contributed by atoms with Crippen LogP contribution in [0, 0.1) is 0 Å². The first kappa shape index (κ1) is 23.2. The SMILES string of the molecule is CCCCN(C)S(=O)(=O)c1ccc(C(=O)Nc2nc3c(s2)CN(C(=O)OC)CC3)cc1. The molecule has 1 N–H and O–H groups in total. The summed E-state index contributed by atoms with van der Waals surface area (Å²) in [6.45, 7) is 3.36. The number of anilines is 1. The summed E-state index contributed by atoms with van der Waals surface area (Å²) in [7, 11) is -0.684. The van der Waals surface area contributed by atoms with Gasteiger partial charge in [0.15, 0.2) is 5.13 Å². The molecular formula is C20H26N4O5S2. The topological polar surface area (TPSA) is 109 Å². The van der Waals surface area contributed by atoms with E-state index < -0.39 is 10.0 Å². The molecule has 31 heavy (non-hydrogen) atoms. The van der Waals surface area contributed by atoms with Gasteiger partial charge < -0.3 is 9.64 Å². The summed E-state index contributed by atoms with van der Waals surface area (Å²) in [5.41, 5.74) is 1.19. The molecule has 3 rings (SSSR count). The fourth-order valence-corrected chi connectivity index (χ4v) is 5.39. The van der Waals surface area contributed by atoms with Crippen molar-refractivity contribution in [1.82, 2.24) is 14.2 Å². The van der Waals surface area contributed by atoms with E-state index >= 15 is 0 Å². The van der Waals surface area contributed by atoms with Gasteiger partial charge in [0.1, 0.15) is 0 Å². The van der Waals surface area contributed by atoms with Crippen LogP contribution in [-0.4, -0.2) is 61.9 Å². The molecule has 0 saturated carbocycles. The van der Waals surface area contributed by atoms with Crippen molar-refractivity contribution in [2.45, 2.75) is 37.6 Å². The number of benzene rings is 1. The normalized spacial score (nSPS) is 13.7. The standard InChI is InChI=1S/C20H26N4O5S2/c1-4-5-11-23(2)31(27,28)15-8-6-14(7-9-15)18(25)22-19-21-16-10-12-24(20(26)29-3)13-17(16)30-19/h6-9H,4-5,10-13H2,1-3H3,(H,21,22,25). The number of thiazole rings is 1.